The van der Waals surface area contributed by atoms with Crippen LogP contribution in [0.5, 0.6) is 0 Å². The lowest BCUT2D eigenvalue weighted by Crippen LogP contribution is -2.30. The normalized spacial score (nSPS) is 11.3. The highest BCUT2D eigenvalue weighted by Gasteiger charge is 2.15. The molecule has 0 spiro atoms. The van der Waals surface area contributed by atoms with Gasteiger partial charge < -0.3 is 10.6 Å². The topological polar surface area (TPSA) is 104 Å². The van der Waals surface area contributed by atoms with Crippen LogP contribution in [0.15, 0.2) is 70.9 Å². The van der Waals surface area contributed by atoms with Crippen molar-refractivity contribution in [1.29, 1.82) is 0 Å². The summed E-state index contributed by atoms with van der Waals surface area (Å²) < 4.78 is 26.8. The minimum Gasteiger partial charge on any atom is -0.347 e. The van der Waals surface area contributed by atoms with Crippen LogP contribution in [0, 0.1) is 0 Å². The molecule has 2 aromatic carbocycles. The number of sulfonamides is 1. The molecule has 0 radical (unpaired) electrons. The molecule has 3 N–H and O–H groups in total. The van der Waals surface area contributed by atoms with Gasteiger partial charge >= 0.3 is 0 Å². The van der Waals surface area contributed by atoms with Gasteiger partial charge in [-0.2, -0.15) is 0 Å². The highest BCUT2D eigenvalue weighted by molar-refractivity contribution is 7.89. The number of carbonyl (C=O) groups is 2. The number of anilines is 1. The predicted molar refractivity (Wildman–Crippen MR) is 122 cm³/mol. The number of amides is 2. The Hall–Kier alpha value is -3.01. The second kappa shape index (κ2) is 9.86. The third kappa shape index (κ3) is 6.24. The van der Waals surface area contributed by atoms with E-state index in [9.17, 15) is 18.0 Å². The van der Waals surface area contributed by atoms with Gasteiger partial charge in [0.15, 0.2) is 0 Å². The van der Waals surface area contributed by atoms with Crippen molar-refractivity contribution in [3.05, 3.63) is 82.0 Å². The van der Waals surface area contributed by atoms with Crippen LogP contribution in [-0.4, -0.2) is 26.3 Å². The van der Waals surface area contributed by atoms with Gasteiger partial charge in [0, 0.05) is 23.8 Å². The molecule has 0 bridgehead atoms. The van der Waals surface area contributed by atoms with Crippen LogP contribution in [0.4, 0.5) is 5.69 Å². The molecule has 2 amide bonds. The molecule has 9 heteroatoms. The molecular formula is C22H23N3O4S2. The molecule has 162 valence electrons. The zero-order chi connectivity index (χ0) is 22.4. The quantitative estimate of drug-likeness (QED) is 0.481. The summed E-state index contributed by atoms with van der Waals surface area (Å²) in [6.45, 7) is 3.85. The third-order valence-electron chi connectivity index (χ3n) is 4.23. The van der Waals surface area contributed by atoms with Crippen molar-refractivity contribution < 1.29 is 18.0 Å². The first-order valence-corrected chi connectivity index (χ1v) is 12.0. The van der Waals surface area contributed by atoms with Gasteiger partial charge in [0.1, 0.15) is 0 Å². The maximum Gasteiger partial charge on any atom is 0.261 e. The fraction of sp³-hybridized carbons (Fsp3) is 0.182. The van der Waals surface area contributed by atoms with Crippen molar-refractivity contribution in [3.63, 3.8) is 0 Å². The van der Waals surface area contributed by atoms with Gasteiger partial charge in [-0.25, -0.2) is 13.1 Å². The van der Waals surface area contributed by atoms with Crippen LogP contribution in [0.3, 0.4) is 0 Å². The third-order valence-corrected chi connectivity index (χ3v) is 6.77. The molecule has 0 atom stereocenters. The number of nitrogens with one attached hydrogen (secondary N) is 3. The Balaban J connectivity index is 1.57. The number of benzene rings is 2. The van der Waals surface area contributed by atoms with E-state index in [1.54, 1.807) is 56.3 Å². The molecule has 31 heavy (non-hydrogen) atoms. The Morgan fingerprint density at radius 1 is 0.935 bits per heavy atom. The zero-order valence-electron chi connectivity index (χ0n) is 17.1. The summed E-state index contributed by atoms with van der Waals surface area (Å²) in [6, 6.07) is 16.2. The Morgan fingerprint density at radius 2 is 1.61 bits per heavy atom. The van der Waals surface area contributed by atoms with Crippen LogP contribution < -0.4 is 15.4 Å². The average Bonchev–Trinajstić information content (AvgIpc) is 3.27. The Labute approximate surface area is 185 Å². The summed E-state index contributed by atoms with van der Waals surface area (Å²) in [5, 5.41) is 7.42. The highest BCUT2D eigenvalue weighted by Crippen LogP contribution is 2.16. The first-order valence-electron chi connectivity index (χ1n) is 9.59. The summed E-state index contributed by atoms with van der Waals surface area (Å²) in [7, 11) is -3.58. The summed E-state index contributed by atoms with van der Waals surface area (Å²) in [6.07, 6.45) is 0. The van der Waals surface area contributed by atoms with Gasteiger partial charge in [0.05, 0.1) is 9.77 Å². The monoisotopic (exact) mass is 457 g/mol. The first-order chi connectivity index (χ1) is 14.7. The van der Waals surface area contributed by atoms with Gasteiger partial charge in [-0.05, 0) is 67.3 Å². The van der Waals surface area contributed by atoms with Crippen molar-refractivity contribution in [2.45, 2.75) is 31.3 Å². The van der Waals surface area contributed by atoms with E-state index < -0.39 is 10.0 Å². The molecule has 7 nitrogen and oxygen atoms in total. The maximum atomic E-state index is 12.5. The van der Waals surface area contributed by atoms with E-state index in [2.05, 4.69) is 15.4 Å². The van der Waals surface area contributed by atoms with Gasteiger partial charge in [0.25, 0.3) is 11.8 Å². The molecule has 1 heterocycles. The summed E-state index contributed by atoms with van der Waals surface area (Å²) >= 11 is 1.38. The number of hydrogen-bond acceptors (Lipinski definition) is 5. The average molecular weight is 458 g/mol. The van der Waals surface area contributed by atoms with E-state index in [-0.39, 0.29) is 22.8 Å². The summed E-state index contributed by atoms with van der Waals surface area (Å²) in [5.41, 5.74) is 1.81. The smallest absolute Gasteiger partial charge is 0.261 e. The molecule has 0 aliphatic heterocycles. The molecule has 0 aliphatic carbocycles. The molecule has 1 aromatic heterocycles. The second-order valence-electron chi connectivity index (χ2n) is 7.11. The molecule has 0 saturated carbocycles. The van der Waals surface area contributed by atoms with E-state index in [1.807, 2.05) is 11.4 Å². The lowest BCUT2D eigenvalue weighted by molar-refractivity contribution is 0.0953. The van der Waals surface area contributed by atoms with Crippen LogP contribution in [0.1, 0.15) is 39.4 Å². The van der Waals surface area contributed by atoms with Crippen molar-refractivity contribution >= 4 is 38.9 Å². The minimum absolute atomic E-state index is 0.133. The molecular weight excluding hydrogens is 434 g/mol. The SMILES string of the molecule is CC(C)NS(=O)(=O)c1ccc(NC(=O)c2ccc(CNC(=O)c3cccs3)cc2)cc1. The lowest BCUT2D eigenvalue weighted by atomic mass is 10.1. The first kappa shape index (κ1) is 22.7. The Bertz CT molecular complexity index is 1140. The molecule has 0 saturated heterocycles. The standard InChI is InChI=1S/C22H23N3O4S2/c1-15(2)25-31(28,29)19-11-9-18(10-12-19)24-21(26)17-7-5-16(6-8-17)14-23-22(27)20-4-3-13-30-20/h3-13,15,25H,14H2,1-2H3,(H,23,27)(H,24,26). The summed E-state index contributed by atoms with van der Waals surface area (Å²) in [5.74, 6) is -0.448. The Morgan fingerprint density at radius 3 is 2.19 bits per heavy atom. The van der Waals surface area contributed by atoms with Crippen LogP contribution in [0.25, 0.3) is 0 Å². The van der Waals surface area contributed by atoms with E-state index in [1.165, 1.54) is 23.5 Å². The van der Waals surface area contributed by atoms with Crippen LogP contribution >= 0.6 is 11.3 Å². The number of hydrogen-bond donors (Lipinski definition) is 3. The second-order valence-corrected chi connectivity index (χ2v) is 9.77. The predicted octanol–water partition coefficient (Wildman–Crippen LogP) is 3.62. The van der Waals surface area contributed by atoms with E-state index in [0.717, 1.165) is 5.56 Å². The van der Waals surface area contributed by atoms with E-state index in [0.29, 0.717) is 22.7 Å². The van der Waals surface area contributed by atoms with Gasteiger partial charge in [0.2, 0.25) is 10.0 Å². The highest BCUT2D eigenvalue weighted by atomic mass is 32.2. The lowest BCUT2D eigenvalue weighted by Gasteiger charge is -2.11. The van der Waals surface area contributed by atoms with Crippen molar-refractivity contribution in [1.82, 2.24) is 10.0 Å². The van der Waals surface area contributed by atoms with Gasteiger partial charge in [-0.1, -0.05) is 18.2 Å². The van der Waals surface area contributed by atoms with E-state index in [4.69, 9.17) is 0 Å². The zero-order valence-corrected chi connectivity index (χ0v) is 18.7. The minimum atomic E-state index is -3.58. The number of rotatable bonds is 8. The molecule has 0 unspecified atom stereocenters. The number of thiophene rings is 1. The van der Waals surface area contributed by atoms with Crippen molar-refractivity contribution in [2.24, 2.45) is 0 Å². The largest absolute Gasteiger partial charge is 0.347 e. The fourth-order valence-corrected chi connectivity index (χ4v) is 4.64. The van der Waals surface area contributed by atoms with Gasteiger partial charge in [-0.15, -0.1) is 11.3 Å². The maximum absolute atomic E-state index is 12.5. The van der Waals surface area contributed by atoms with E-state index >= 15 is 0 Å². The molecule has 3 rings (SSSR count). The molecule has 3 aromatic rings. The van der Waals surface area contributed by atoms with Crippen LogP contribution in [-0.2, 0) is 16.6 Å². The Kier molecular flexibility index (Phi) is 7.21. The number of carbonyl (C=O) groups excluding carboxylic acids is 2. The van der Waals surface area contributed by atoms with Crippen molar-refractivity contribution in [3.8, 4) is 0 Å². The summed E-state index contributed by atoms with van der Waals surface area (Å²) in [4.78, 5) is 25.2. The van der Waals surface area contributed by atoms with Crippen LogP contribution in [0.2, 0.25) is 0 Å². The fourth-order valence-electron chi connectivity index (χ4n) is 2.75. The van der Waals surface area contributed by atoms with Crippen molar-refractivity contribution in [2.75, 3.05) is 5.32 Å². The molecule has 0 aliphatic rings. The molecule has 0 fully saturated rings. The van der Waals surface area contributed by atoms with Gasteiger partial charge in [-0.3, -0.25) is 9.59 Å².